The lowest BCUT2D eigenvalue weighted by atomic mass is 9.99. The molecule has 2 N–H and O–H groups in total. The van der Waals surface area contributed by atoms with Gasteiger partial charge in [0.2, 0.25) is 5.91 Å². The molecule has 2 aromatic carbocycles. The van der Waals surface area contributed by atoms with Crippen molar-refractivity contribution in [2.24, 2.45) is 5.92 Å². The van der Waals surface area contributed by atoms with Crippen molar-refractivity contribution in [3.63, 3.8) is 0 Å². The fourth-order valence-electron chi connectivity index (χ4n) is 2.70. The van der Waals surface area contributed by atoms with Gasteiger partial charge in [-0.25, -0.2) is 0 Å². The van der Waals surface area contributed by atoms with E-state index in [-0.39, 0.29) is 0 Å². The Kier molecular flexibility index (Phi) is 5.52. The van der Waals surface area contributed by atoms with E-state index < -0.39 is 36.6 Å². The van der Waals surface area contributed by atoms with Crippen molar-refractivity contribution in [2.75, 3.05) is 11.4 Å². The molecule has 2 aromatic rings. The maximum atomic E-state index is 12.7. The van der Waals surface area contributed by atoms with Gasteiger partial charge in [-0.1, -0.05) is 30.3 Å². The maximum absolute atomic E-state index is 12.7. The molecule has 0 spiro atoms. The highest BCUT2D eigenvalue weighted by atomic mass is 16.4. The van der Waals surface area contributed by atoms with Crippen molar-refractivity contribution in [3.05, 3.63) is 42.5 Å². The SMILES string of the molecule is CCN(C(=O)C(CC(=O)O)CC(=O)O)c1ccc2ccccc2c1. The maximum Gasteiger partial charge on any atom is 0.304 e. The number of fused-ring (bicyclic) bond motifs is 1. The van der Waals surface area contributed by atoms with Crippen LogP contribution in [0.3, 0.4) is 0 Å². The van der Waals surface area contributed by atoms with Crippen molar-refractivity contribution in [3.8, 4) is 0 Å². The topological polar surface area (TPSA) is 94.9 Å². The summed E-state index contributed by atoms with van der Waals surface area (Å²) < 4.78 is 0. The van der Waals surface area contributed by atoms with Gasteiger partial charge < -0.3 is 15.1 Å². The van der Waals surface area contributed by atoms with Gasteiger partial charge in [-0.15, -0.1) is 0 Å². The van der Waals surface area contributed by atoms with Gasteiger partial charge in [-0.3, -0.25) is 14.4 Å². The van der Waals surface area contributed by atoms with Gasteiger partial charge in [0, 0.05) is 12.2 Å². The molecular weight excluding hydrogens is 310 g/mol. The Balaban J connectivity index is 2.33. The molecule has 0 aromatic heterocycles. The summed E-state index contributed by atoms with van der Waals surface area (Å²) in [6.07, 6.45) is -1.01. The number of amides is 1. The molecular formula is C18H19NO5. The molecule has 0 heterocycles. The van der Waals surface area contributed by atoms with E-state index >= 15 is 0 Å². The number of hydrogen-bond donors (Lipinski definition) is 2. The first kappa shape index (κ1) is 17.5. The number of rotatable bonds is 7. The molecule has 0 aliphatic carbocycles. The molecule has 1 amide bonds. The van der Waals surface area contributed by atoms with E-state index in [1.165, 1.54) is 4.90 Å². The Morgan fingerprint density at radius 2 is 1.54 bits per heavy atom. The lowest BCUT2D eigenvalue weighted by Gasteiger charge is -2.25. The third kappa shape index (κ3) is 4.10. The van der Waals surface area contributed by atoms with Crippen LogP contribution in [-0.2, 0) is 14.4 Å². The Morgan fingerprint density at radius 3 is 2.08 bits per heavy atom. The summed E-state index contributed by atoms with van der Waals surface area (Å²) in [7, 11) is 0. The molecule has 0 saturated heterocycles. The van der Waals surface area contributed by atoms with Crippen LogP contribution in [0.2, 0.25) is 0 Å². The largest absolute Gasteiger partial charge is 0.481 e. The highest BCUT2D eigenvalue weighted by molar-refractivity contribution is 6.00. The lowest BCUT2D eigenvalue weighted by molar-refractivity contribution is -0.144. The summed E-state index contributed by atoms with van der Waals surface area (Å²) in [5.41, 5.74) is 0.627. The molecule has 0 aliphatic rings. The van der Waals surface area contributed by atoms with Gasteiger partial charge in [-0.05, 0) is 29.8 Å². The highest BCUT2D eigenvalue weighted by Crippen LogP contribution is 2.25. The quantitative estimate of drug-likeness (QED) is 0.814. The average molecular weight is 329 g/mol. The minimum atomic E-state index is -1.19. The fourth-order valence-corrected chi connectivity index (χ4v) is 2.70. The average Bonchev–Trinajstić information content (AvgIpc) is 2.54. The number of hydrogen-bond acceptors (Lipinski definition) is 3. The second kappa shape index (κ2) is 7.59. The zero-order chi connectivity index (χ0) is 17.7. The third-order valence-electron chi connectivity index (χ3n) is 3.82. The van der Waals surface area contributed by atoms with E-state index in [4.69, 9.17) is 10.2 Å². The van der Waals surface area contributed by atoms with Gasteiger partial charge in [-0.2, -0.15) is 0 Å². The van der Waals surface area contributed by atoms with E-state index in [0.29, 0.717) is 12.2 Å². The smallest absolute Gasteiger partial charge is 0.304 e. The van der Waals surface area contributed by atoms with E-state index in [1.807, 2.05) is 36.4 Å². The number of aliphatic carboxylic acids is 2. The number of nitrogens with zero attached hydrogens (tertiary/aromatic N) is 1. The van der Waals surface area contributed by atoms with Crippen LogP contribution < -0.4 is 4.90 Å². The Hall–Kier alpha value is -2.89. The van der Waals surface area contributed by atoms with Crippen molar-refractivity contribution >= 4 is 34.3 Å². The van der Waals surface area contributed by atoms with Gasteiger partial charge in [0.15, 0.2) is 0 Å². The predicted octanol–water partition coefficient (Wildman–Crippen LogP) is 2.76. The molecule has 0 fully saturated rings. The Labute approximate surface area is 139 Å². The van der Waals surface area contributed by atoms with Gasteiger partial charge >= 0.3 is 11.9 Å². The van der Waals surface area contributed by atoms with Crippen LogP contribution in [0.5, 0.6) is 0 Å². The molecule has 2 rings (SSSR count). The summed E-state index contributed by atoms with van der Waals surface area (Å²) in [6, 6.07) is 13.2. The molecule has 24 heavy (non-hydrogen) atoms. The molecule has 0 saturated carbocycles. The van der Waals surface area contributed by atoms with Gasteiger partial charge in [0.25, 0.3) is 0 Å². The van der Waals surface area contributed by atoms with E-state index in [9.17, 15) is 14.4 Å². The summed E-state index contributed by atoms with van der Waals surface area (Å²) >= 11 is 0. The lowest BCUT2D eigenvalue weighted by Crippen LogP contribution is -2.38. The summed E-state index contributed by atoms with van der Waals surface area (Å²) in [6.45, 7) is 2.10. The van der Waals surface area contributed by atoms with Crippen LogP contribution >= 0.6 is 0 Å². The standard InChI is InChI=1S/C18H19NO5/c1-2-19(18(24)14(10-16(20)21)11-17(22)23)15-8-7-12-5-3-4-6-13(12)9-15/h3-9,14H,2,10-11H2,1H3,(H,20,21)(H,22,23). The molecule has 6 nitrogen and oxygen atoms in total. The van der Waals surface area contributed by atoms with Crippen LogP contribution in [0.25, 0.3) is 10.8 Å². The monoisotopic (exact) mass is 329 g/mol. The number of benzene rings is 2. The Morgan fingerprint density at radius 1 is 0.958 bits per heavy atom. The van der Waals surface area contributed by atoms with Crippen LogP contribution in [0.1, 0.15) is 19.8 Å². The second-order valence-electron chi connectivity index (χ2n) is 5.51. The number of carbonyl (C=O) groups excluding carboxylic acids is 1. The molecule has 6 heteroatoms. The van der Waals surface area contributed by atoms with Crippen molar-refractivity contribution in [1.29, 1.82) is 0 Å². The zero-order valence-electron chi connectivity index (χ0n) is 13.3. The first-order valence-electron chi connectivity index (χ1n) is 7.66. The minimum absolute atomic E-state index is 0.326. The van der Waals surface area contributed by atoms with E-state index in [2.05, 4.69) is 0 Å². The third-order valence-corrected chi connectivity index (χ3v) is 3.82. The van der Waals surface area contributed by atoms with Crippen LogP contribution in [-0.4, -0.2) is 34.6 Å². The highest BCUT2D eigenvalue weighted by Gasteiger charge is 2.29. The summed E-state index contributed by atoms with van der Waals surface area (Å²) in [5, 5.41) is 19.9. The number of carboxylic acids is 2. The predicted molar refractivity (Wildman–Crippen MR) is 90.0 cm³/mol. The first-order chi connectivity index (χ1) is 11.4. The van der Waals surface area contributed by atoms with Crippen LogP contribution in [0.15, 0.2) is 42.5 Å². The minimum Gasteiger partial charge on any atom is -0.481 e. The van der Waals surface area contributed by atoms with Crippen molar-refractivity contribution in [1.82, 2.24) is 0 Å². The van der Waals surface area contributed by atoms with Crippen LogP contribution in [0.4, 0.5) is 5.69 Å². The number of carboxylic acid groups (broad SMARTS) is 2. The van der Waals surface area contributed by atoms with Crippen molar-refractivity contribution < 1.29 is 24.6 Å². The first-order valence-corrected chi connectivity index (χ1v) is 7.66. The van der Waals surface area contributed by atoms with E-state index in [0.717, 1.165) is 10.8 Å². The summed E-state index contributed by atoms with van der Waals surface area (Å²) in [5.74, 6) is -3.96. The summed E-state index contributed by atoms with van der Waals surface area (Å²) in [4.78, 5) is 36.0. The molecule has 126 valence electrons. The number of anilines is 1. The molecule has 0 radical (unpaired) electrons. The van der Waals surface area contributed by atoms with Crippen molar-refractivity contribution in [2.45, 2.75) is 19.8 Å². The zero-order valence-corrected chi connectivity index (χ0v) is 13.3. The van der Waals surface area contributed by atoms with Gasteiger partial charge in [0.05, 0.1) is 18.8 Å². The molecule has 0 atom stereocenters. The fraction of sp³-hybridized carbons (Fsp3) is 0.278. The Bertz CT molecular complexity index is 755. The normalized spacial score (nSPS) is 10.8. The number of carbonyl (C=O) groups is 3. The van der Waals surface area contributed by atoms with Crippen LogP contribution in [0, 0.1) is 5.92 Å². The molecule has 0 bridgehead atoms. The van der Waals surface area contributed by atoms with E-state index in [1.54, 1.807) is 13.0 Å². The molecule has 0 unspecified atom stereocenters. The molecule has 0 aliphatic heterocycles. The second-order valence-corrected chi connectivity index (χ2v) is 5.51. The van der Waals surface area contributed by atoms with Gasteiger partial charge in [0.1, 0.15) is 0 Å².